The van der Waals surface area contributed by atoms with Crippen LogP contribution in [0.25, 0.3) is 11.1 Å². The Morgan fingerprint density at radius 2 is 1.96 bits per heavy atom. The molecule has 0 spiro atoms. The van der Waals surface area contributed by atoms with Gasteiger partial charge in [0.25, 0.3) is 0 Å². The van der Waals surface area contributed by atoms with E-state index < -0.39 is 0 Å². The zero-order valence-corrected chi connectivity index (χ0v) is 14.0. The van der Waals surface area contributed by atoms with Gasteiger partial charge in [0.2, 0.25) is 0 Å². The van der Waals surface area contributed by atoms with Gasteiger partial charge in [0.15, 0.2) is 0 Å². The maximum Gasteiger partial charge on any atom is 0.410 e. The Morgan fingerprint density at radius 3 is 2.72 bits per heavy atom. The highest BCUT2D eigenvalue weighted by Crippen LogP contribution is 2.25. The molecule has 3 N–H and O–H groups in total. The number of amides is 1. The largest absolute Gasteiger partial charge is 0.445 e. The van der Waals surface area contributed by atoms with E-state index in [1.807, 2.05) is 24.3 Å². The van der Waals surface area contributed by atoms with Crippen LogP contribution < -0.4 is 11.1 Å². The zero-order chi connectivity index (χ0) is 17.6. The lowest BCUT2D eigenvalue weighted by molar-refractivity contribution is 0.0918. The zero-order valence-electron chi connectivity index (χ0n) is 14.0. The first-order valence-corrected chi connectivity index (χ1v) is 8.37. The average molecular weight is 343 g/mol. The summed E-state index contributed by atoms with van der Waals surface area (Å²) in [4.78, 5) is 13.8. The fraction of sp³-hybridized carbons (Fsp3) is 0.316. The lowest BCUT2D eigenvalue weighted by Crippen LogP contribution is -2.46. The molecule has 1 aliphatic rings. The van der Waals surface area contributed by atoms with E-state index in [1.54, 1.807) is 17.0 Å². The van der Waals surface area contributed by atoms with E-state index in [2.05, 4.69) is 5.32 Å². The summed E-state index contributed by atoms with van der Waals surface area (Å²) in [5.41, 5.74) is 8.56. The van der Waals surface area contributed by atoms with Crippen LogP contribution in [0.3, 0.4) is 0 Å². The number of halogens is 1. The quantitative estimate of drug-likeness (QED) is 0.895. The first-order chi connectivity index (χ1) is 12.2. The minimum Gasteiger partial charge on any atom is -0.445 e. The van der Waals surface area contributed by atoms with Gasteiger partial charge in [0, 0.05) is 38.3 Å². The minimum atomic E-state index is -0.316. The molecule has 0 bridgehead atoms. The van der Waals surface area contributed by atoms with Gasteiger partial charge in [-0.2, -0.15) is 0 Å². The number of hydrogen-bond acceptors (Lipinski definition) is 4. The molecular formula is C19H22FN3O2. The van der Waals surface area contributed by atoms with Crippen molar-refractivity contribution in [2.45, 2.75) is 13.2 Å². The standard InChI is InChI=1S/C19H22FN3O2/c20-18-5-4-14(12-21)11-17(18)16-3-1-2-15(10-16)13-25-19(24)23-8-6-22-7-9-23/h1-5,10-11,22H,6-9,12-13,21H2. The van der Waals surface area contributed by atoms with Crippen LogP contribution in [0.4, 0.5) is 9.18 Å². The highest BCUT2D eigenvalue weighted by atomic mass is 19.1. The van der Waals surface area contributed by atoms with Gasteiger partial charge in [0.05, 0.1) is 0 Å². The molecule has 1 saturated heterocycles. The van der Waals surface area contributed by atoms with Crippen molar-refractivity contribution in [1.82, 2.24) is 10.2 Å². The van der Waals surface area contributed by atoms with Crippen molar-refractivity contribution in [3.8, 4) is 11.1 Å². The number of hydrogen-bond donors (Lipinski definition) is 2. The molecule has 0 aliphatic carbocycles. The third kappa shape index (κ3) is 4.35. The molecule has 0 atom stereocenters. The summed E-state index contributed by atoms with van der Waals surface area (Å²) in [6.07, 6.45) is -0.316. The normalized spacial score (nSPS) is 14.4. The Morgan fingerprint density at radius 1 is 1.16 bits per heavy atom. The number of nitrogens with two attached hydrogens (primary N) is 1. The van der Waals surface area contributed by atoms with E-state index in [1.165, 1.54) is 6.07 Å². The molecule has 2 aromatic carbocycles. The predicted molar refractivity (Wildman–Crippen MR) is 94.4 cm³/mol. The van der Waals surface area contributed by atoms with Crippen molar-refractivity contribution < 1.29 is 13.9 Å². The smallest absolute Gasteiger partial charge is 0.410 e. The van der Waals surface area contributed by atoms with Crippen LogP contribution in [0.2, 0.25) is 0 Å². The van der Waals surface area contributed by atoms with Crippen molar-refractivity contribution in [3.05, 3.63) is 59.4 Å². The number of carbonyl (C=O) groups excluding carboxylic acids is 1. The van der Waals surface area contributed by atoms with E-state index in [0.29, 0.717) is 25.2 Å². The third-order valence-electron chi connectivity index (χ3n) is 4.24. The molecular weight excluding hydrogens is 321 g/mol. The van der Waals surface area contributed by atoms with Gasteiger partial charge in [-0.25, -0.2) is 9.18 Å². The van der Waals surface area contributed by atoms with E-state index in [4.69, 9.17) is 10.5 Å². The Kier molecular flexibility index (Phi) is 5.63. The molecule has 1 fully saturated rings. The van der Waals surface area contributed by atoms with Crippen LogP contribution in [0.1, 0.15) is 11.1 Å². The summed E-state index contributed by atoms with van der Waals surface area (Å²) in [7, 11) is 0. The molecule has 3 rings (SSSR count). The summed E-state index contributed by atoms with van der Waals surface area (Å²) in [5, 5.41) is 3.19. The van der Waals surface area contributed by atoms with Crippen molar-refractivity contribution in [2.24, 2.45) is 5.73 Å². The van der Waals surface area contributed by atoms with Crippen LogP contribution in [-0.2, 0) is 17.9 Å². The second kappa shape index (κ2) is 8.09. The van der Waals surface area contributed by atoms with Crippen LogP contribution in [-0.4, -0.2) is 37.2 Å². The van der Waals surface area contributed by atoms with Crippen molar-refractivity contribution >= 4 is 6.09 Å². The molecule has 0 saturated carbocycles. The van der Waals surface area contributed by atoms with Gasteiger partial charge in [-0.05, 0) is 34.9 Å². The number of piperazine rings is 1. The molecule has 1 aliphatic heterocycles. The minimum absolute atomic E-state index is 0.162. The highest BCUT2D eigenvalue weighted by molar-refractivity contribution is 5.68. The average Bonchev–Trinajstić information content (AvgIpc) is 2.67. The molecule has 6 heteroatoms. The fourth-order valence-corrected chi connectivity index (χ4v) is 2.83. The number of nitrogens with one attached hydrogen (secondary N) is 1. The van der Waals surface area contributed by atoms with Crippen LogP contribution in [0.15, 0.2) is 42.5 Å². The second-order valence-electron chi connectivity index (χ2n) is 6.01. The number of rotatable bonds is 4. The van der Waals surface area contributed by atoms with Crippen molar-refractivity contribution in [3.63, 3.8) is 0 Å². The maximum absolute atomic E-state index is 14.1. The predicted octanol–water partition coefficient (Wildman–Crippen LogP) is 2.49. The van der Waals surface area contributed by atoms with E-state index in [9.17, 15) is 9.18 Å². The summed E-state index contributed by atoms with van der Waals surface area (Å²) < 4.78 is 19.5. The van der Waals surface area contributed by atoms with Gasteiger partial charge in [-0.15, -0.1) is 0 Å². The Balaban J connectivity index is 1.70. The molecule has 1 amide bonds. The van der Waals surface area contributed by atoms with E-state index in [0.717, 1.165) is 29.8 Å². The summed E-state index contributed by atoms with van der Waals surface area (Å²) in [5.74, 6) is -0.299. The molecule has 0 unspecified atom stereocenters. The molecule has 132 valence electrons. The summed E-state index contributed by atoms with van der Waals surface area (Å²) in [6.45, 7) is 3.37. The van der Waals surface area contributed by atoms with Crippen LogP contribution in [0, 0.1) is 5.82 Å². The number of ether oxygens (including phenoxy) is 1. The fourth-order valence-electron chi connectivity index (χ4n) is 2.83. The Bertz CT molecular complexity index is 745. The second-order valence-corrected chi connectivity index (χ2v) is 6.01. The van der Waals surface area contributed by atoms with E-state index >= 15 is 0 Å². The monoisotopic (exact) mass is 343 g/mol. The first-order valence-electron chi connectivity index (χ1n) is 8.37. The summed E-state index contributed by atoms with van der Waals surface area (Å²) >= 11 is 0. The van der Waals surface area contributed by atoms with Crippen LogP contribution in [0.5, 0.6) is 0 Å². The maximum atomic E-state index is 14.1. The molecule has 25 heavy (non-hydrogen) atoms. The number of benzene rings is 2. The lowest BCUT2D eigenvalue weighted by Gasteiger charge is -2.26. The van der Waals surface area contributed by atoms with Gasteiger partial charge in [0.1, 0.15) is 12.4 Å². The van der Waals surface area contributed by atoms with E-state index in [-0.39, 0.29) is 18.5 Å². The molecule has 0 aromatic heterocycles. The summed E-state index contributed by atoms with van der Waals surface area (Å²) in [6, 6.07) is 12.2. The number of nitrogens with zero attached hydrogens (tertiary/aromatic N) is 1. The lowest BCUT2D eigenvalue weighted by atomic mass is 10.0. The van der Waals surface area contributed by atoms with Crippen LogP contribution >= 0.6 is 0 Å². The third-order valence-corrected chi connectivity index (χ3v) is 4.24. The van der Waals surface area contributed by atoms with Gasteiger partial charge >= 0.3 is 6.09 Å². The molecule has 5 nitrogen and oxygen atoms in total. The molecule has 1 heterocycles. The molecule has 0 radical (unpaired) electrons. The van der Waals surface area contributed by atoms with Gasteiger partial charge in [-0.1, -0.05) is 24.3 Å². The molecule has 2 aromatic rings. The number of carbonyl (C=O) groups is 1. The SMILES string of the molecule is NCc1ccc(F)c(-c2cccc(COC(=O)N3CCNCC3)c2)c1. The van der Waals surface area contributed by atoms with Gasteiger partial charge in [-0.3, -0.25) is 0 Å². The Labute approximate surface area is 146 Å². The highest BCUT2D eigenvalue weighted by Gasteiger charge is 2.17. The van der Waals surface area contributed by atoms with Crippen molar-refractivity contribution in [1.29, 1.82) is 0 Å². The van der Waals surface area contributed by atoms with Gasteiger partial charge < -0.3 is 20.7 Å². The first kappa shape index (κ1) is 17.4. The Hall–Kier alpha value is -2.44. The topological polar surface area (TPSA) is 67.6 Å². The van der Waals surface area contributed by atoms with Crippen molar-refractivity contribution in [2.75, 3.05) is 26.2 Å².